The van der Waals surface area contributed by atoms with Gasteiger partial charge in [-0.05, 0) is 53.0 Å². The molecule has 0 bridgehead atoms. The summed E-state index contributed by atoms with van der Waals surface area (Å²) in [5.41, 5.74) is 1.36. The van der Waals surface area contributed by atoms with Gasteiger partial charge in [-0.25, -0.2) is 0 Å². The van der Waals surface area contributed by atoms with Gasteiger partial charge in [0.1, 0.15) is 5.75 Å². The van der Waals surface area contributed by atoms with Crippen molar-refractivity contribution >= 4 is 15.9 Å². The molecule has 1 atom stereocenters. The van der Waals surface area contributed by atoms with Crippen molar-refractivity contribution in [3.8, 4) is 5.75 Å². The van der Waals surface area contributed by atoms with Crippen molar-refractivity contribution in [2.24, 2.45) is 0 Å². The van der Waals surface area contributed by atoms with E-state index in [1.165, 1.54) is 18.5 Å². The number of methoxy groups -OCH3 is 1. The van der Waals surface area contributed by atoms with E-state index in [4.69, 9.17) is 4.74 Å². The molecule has 14 heavy (non-hydrogen) atoms. The van der Waals surface area contributed by atoms with Gasteiger partial charge in [0.15, 0.2) is 0 Å². The second-order valence-corrected chi connectivity index (χ2v) is 4.47. The molecule has 2 nitrogen and oxygen atoms in total. The minimum absolute atomic E-state index is 0.676. The number of hydrogen-bond acceptors (Lipinski definition) is 2. The Kier molecular flexibility index (Phi) is 3.08. The predicted octanol–water partition coefficient (Wildman–Crippen LogP) is 2.36. The van der Waals surface area contributed by atoms with Crippen LogP contribution in [0.2, 0.25) is 0 Å². The minimum Gasteiger partial charge on any atom is -0.496 e. The number of nitrogens with one attached hydrogen (secondary N) is 1. The zero-order chi connectivity index (χ0) is 9.97. The average Bonchev–Trinajstić information content (AvgIpc) is 2.12. The summed E-state index contributed by atoms with van der Waals surface area (Å²) in [6.07, 6.45) is 2.41. The highest BCUT2D eigenvalue weighted by molar-refractivity contribution is 9.10. The Hall–Kier alpha value is -0.540. The molecule has 0 amide bonds. The molecule has 1 saturated heterocycles. The summed E-state index contributed by atoms with van der Waals surface area (Å²) in [6.45, 7) is 1.17. The maximum absolute atomic E-state index is 5.18. The van der Waals surface area contributed by atoms with Crippen LogP contribution in [0.5, 0.6) is 5.75 Å². The molecule has 3 heteroatoms. The Morgan fingerprint density at radius 3 is 2.86 bits per heavy atom. The van der Waals surface area contributed by atoms with Crippen LogP contribution < -0.4 is 10.1 Å². The van der Waals surface area contributed by atoms with Gasteiger partial charge in [-0.2, -0.15) is 0 Å². The van der Waals surface area contributed by atoms with Crippen molar-refractivity contribution in [3.63, 3.8) is 0 Å². The first-order valence-electron chi connectivity index (χ1n) is 4.85. The van der Waals surface area contributed by atoms with Gasteiger partial charge in [-0.3, -0.25) is 0 Å². The lowest BCUT2D eigenvalue weighted by atomic mass is 9.98. The lowest BCUT2D eigenvalue weighted by Gasteiger charge is -2.27. The zero-order valence-corrected chi connectivity index (χ0v) is 9.80. The molecule has 1 heterocycles. The monoisotopic (exact) mass is 255 g/mol. The molecule has 2 rings (SSSR count). The van der Waals surface area contributed by atoms with Crippen LogP contribution in [0.4, 0.5) is 0 Å². The summed E-state index contributed by atoms with van der Waals surface area (Å²) in [5, 5.41) is 3.40. The number of benzene rings is 1. The Morgan fingerprint density at radius 1 is 1.57 bits per heavy atom. The van der Waals surface area contributed by atoms with Crippen LogP contribution >= 0.6 is 15.9 Å². The van der Waals surface area contributed by atoms with Crippen molar-refractivity contribution < 1.29 is 4.74 Å². The highest BCUT2D eigenvalue weighted by Gasteiger charge is 2.16. The summed E-state index contributed by atoms with van der Waals surface area (Å²) in [6, 6.07) is 6.95. The molecule has 0 spiro atoms. The van der Waals surface area contributed by atoms with Crippen LogP contribution in [0.25, 0.3) is 0 Å². The quantitative estimate of drug-likeness (QED) is 0.896. The Labute approximate surface area is 92.8 Å². The molecule has 0 aliphatic carbocycles. The number of hydrogen-bond donors (Lipinski definition) is 1. The molecule has 1 fully saturated rings. The van der Waals surface area contributed by atoms with E-state index in [9.17, 15) is 0 Å². The molecule has 76 valence electrons. The van der Waals surface area contributed by atoms with Crippen molar-refractivity contribution in [2.75, 3.05) is 13.7 Å². The molecule has 1 aromatic rings. The molecule has 0 aromatic heterocycles. The minimum atomic E-state index is 0.676. The van der Waals surface area contributed by atoms with Crippen molar-refractivity contribution in [1.82, 2.24) is 5.32 Å². The second kappa shape index (κ2) is 4.32. The van der Waals surface area contributed by atoms with Crippen molar-refractivity contribution in [3.05, 3.63) is 28.2 Å². The number of ether oxygens (including phenoxy) is 1. The van der Waals surface area contributed by atoms with Gasteiger partial charge in [-0.1, -0.05) is 6.07 Å². The molecule has 1 aromatic carbocycles. The number of rotatable bonds is 3. The normalized spacial score (nSPS) is 20.3. The third kappa shape index (κ3) is 2.10. The van der Waals surface area contributed by atoms with Gasteiger partial charge in [0, 0.05) is 6.04 Å². The van der Waals surface area contributed by atoms with Crippen LogP contribution in [0, 0.1) is 0 Å². The van der Waals surface area contributed by atoms with Gasteiger partial charge in [0.05, 0.1) is 11.6 Å². The Morgan fingerprint density at radius 2 is 2.36 bits per heavy atom. The van der Waals surface area contributed by atoms with Gasteiger partial charge < -0.3 is 10.1 Å². The fourth-order valence-electron chi connectivity index (χ4n) is 1.64. The summed E-state index contributed by atoms with van der Waals surface area (Å²) in [4.78, 5) is 0. The van der Waals surface area contributed by atoms with E-state index >= 15 is 0 Å². The first-order chi connectivity index (χ1) is 6.79. The highest BCUT2D eigenvalue weighted by Crippen LogP contribution is 2.26. The third-order valence-electron chi connectivity index (χ3n) is 2.62. The van der Waals surface area contributed by atoms with Crippen molar-refractivity contribution in [2.45, 2.75) is 18.9 Å². The standard InChI is InChI=1S/C11H14BrNO/c1-14-11-3-2-8(7-10(11)12)6-9-4-5-13-9/h2-3,7,9,13H,4-6H2,1H3. The van der Waals surface area contributed by atoms with E-state index in [1.807, 2.05) is 6.07 Å². The van der Waals surface area contributed by atoms with Crippen LogP contribution in [0.15, 0.2) is 22.7 Å². The lowest BCUT2D eigenvalue weighted by molar-refractivity contribution is 0.369. The van der Waals surface area contributed by atoms with E-state index in [1.54, 1.807) is 7.11 Å². The third-order valence-corrected chi connectivity index (χ3v) is 3.24. The summed E-state index contributed by atoms with van der Waals surface area (Å²) < 4.78 is 6.22. The molecule has 1 unspecified atom stereocenters. The van der Waals surface area contributed by atoms with Crippen LogP contribution in [-0.4, -0.2) is 19.7 Å². The van der Waals surface area contributed by atoms with Gasteiger partial charge in [0.2, 0.25) is 0 Å². The highest BCUT2D eigenvalue weighted by atomic mass is 79.9. The topological polar surface area (TPSA) is 21.3 Å². The molecule has 1 aliphatic heterocycles. The van der Waals surface area contributed by atoms with Crippen molar-refractivity contribution in [1.29, 1.82) is 0 Å². The van der Waals surface area contributed by atoms with Crippen LogP contribution in [0.3, 0.4) is 0 Å². The van der Waals surface area contributed by atoms with Gasteiger partial charge >= 0.3 is 0 Å². The largest absolute Gasteiger partial charge is 0.496 e. The Bertz CT molecular complexity index is 323. The molecule has 0 radical (unpaired) electrons. The molecule has 1 N–H and O–H groups in total. The summed E-state index contributed by atoms with van der Waals surface area (Å²) in [5.74, 6) is 0.898. The fraction of sp³-hybridized carbons (Fsp3) is 0.455. The zero-order valence-electron chi connectivity index (χ0n) is 8.22. The fourth-order valence-corrected chi connectivity index (χ4v) is 2.23. The summed E-state index contributed by atoms with van der Waals surface area (Å²) in [7, 11) is 1.69. The maximum atomic E-state index is 5.18. The van der Waals surface area contributed by atoms with Crippen LogP contribution in [0.1, 0.15) is 12.0 Å². The predicted molar refractivity (Wildman–Crippen MR) is 60.8 cm³/mol. The van der Waals surface area contributed by atoms with E-state index in [-0.39, 0.29) is 0 Å². The van der Waals surface area contributed by atoms with E-state index in [0.717, 1.165) is 16.6 Å². The van der Waals surface area contributed by atoms with Crippen LogP contribution in [-0.2, 0) is 6.42 Å². The second-order valence-electron chi connectivity index (χ2n) is 3.61. The molecule has 1 aliphatic rings. The van der Waals surface area contributed by atoms with E-state index < -0.39 is 0 Å². The maximum Gasteiger partial charge on any atom is 0.133 e. The lowest BCUT2D eigenvalue weighted by Crippen LogP contribution is -2.44. The Balaban J connectivity index is 2.07. The number of halogens is 1. The smallest absolute Gasteiger partial charge is 0.133 e. The molecular formula is C11H14BrNO. The molecular weight excluding hydrogens is 242 g/mol. The SMILES string of the molecule is COc1ccc(CC2CCN2)cc1Br. The van der Waals surface area contributed by atoms with E-state index in [0.29, 0.717) is 6.04 Å². The molecule has 0 saturated carbocycles. The van der Waals surface area contributed by atoms with Gasteiger partial charge in [-0.15, -0.1) is 0 Å². The summed E-state index contributed by atoms with van der Waals surface area (Å²) >= 11 is 3.49. The average molecular weight is 256 g/mol. The van der Waals surface area contributed by atoms with E-state index in [2.05, 4.69) is 33.4 Å². The first-order valence-corrected chi connectivity index (χ1v) is 5.64. The first kappa shape index (κ1) is 9.99. The van der Waals surface area contributed by atoms with Gasteiger partial charge in [0.25, 0.3) is 0 Å².